The van der Waals surface area contributed by atoms with Gasteiger partial charge in [0.05, 0.1) is 88.8 Å². The first-order chi connectivity index (χ1) is 54.6. The average Bonchev–Trinajstić information content (AvgIpc) is 1.73. The standard InChI is InChI=1S/C79H19F35N2/c1-18-45(80)55(90)37(56(91)46(18)81)38-57(92)47(82)33(48(83)58(38)93)19-5-9-29-25(13-19)26-14-20(34-49(84)59(94)39(60(95)50(34)85)42-65(100)71(106)77(112)72(107)66(42)101)6-10-30(26)115(29)23-3-2-4-24(17-23)116-31-11-7-21(35-51(86)61(96)40(62(97)52(35)87)43-67(102)73(108)78(113)74(109)68(43)103)15-27(31)28-16-22(8-12-32(28)116)36-53(88)63(98)41(64(99)54(36)89)44-69(104)75(110)79(114)76(111)70(44)105/h2-17H,1H3. The minimum absolute atomic E-state index is 0.318. The van der Waals surface area contributed by atoms with Gasteiger partial charge in [0.1, 0.15) is 0 Å². The topological polar surface area (TPSA) is 9.86 Å². The number of hydrogen-bond acceptors (Lipinski definition) is 0. The Balaban J connectivity index is 0.972. The molecular weight excluding hydrogens is 1640 g/mol. The van der Waals surface area contributed by atoms with E-state index in [1.165, 1.54) is 0 Å². The van der Waals surface area contributed by atoms with Crippen LogP contribution < -0.4 is 0 Å². The normalized spacial score (nSPS) is 12.0. The van der Waals surface area contributed by atoms with Crippen LogP contribution in [0.15, 0.2) is 97.1 Å². The highest BCUT2D eigenvalue weighted by atomic mass is 19.2. The molecule has 0 aliphatic heterocycles. The van der Waals surface area contributed by atoms with Gasteiger partial charge in [-0.2, -0.15) is 0 Å². The van der Waals surface area contributed by atoms with Crippen LogP contribution in [0.1, 0.15) is 5.56 Å². The molecule has 0 unspecified atom stereocenters. The minimum atomic E-state index is -2.95. The third-order valence-corrected chi connectivity index (χ3v) is 19.2. The number of fused-ring (bicyclic) bond motifs is 6. The fourth-order valence-corrected chi connectivity index (χ4v) is 13.8. The van der Waals surface area contributed by atoms with Crippen LogP contribution in [-0.4, -0.2) is 9.13 Å². The fraction of sp³-hybridized carbons (Fsp3) is 0.0127. The highest BCUT2D eigenvalue weighted by Crippen LogP contribution is 2.50. The molecule has 0 saturated heterocycles. The maximum atomic E-state index is 16.6. The predicted octanol–water partition coefficient (Wildman–Crippen LogP) is 26.4. The van der Waals surface area contributed by atoms with Crippen LogP contribution in [0.25, 0.3) is 144 Å². The summed E-state index contributed by atoms with van der Waals surface area (Å²) in [5.41, 5.74) is -35.4. The van der Waals surface area contributed by atoms with E-state index < -0.39 is 342 Å². The SMILES string of the molecule is Cc1c(F)c(F)c(-c2c(F)c(F)c(-c3ccc4c(c3)c3cc(-c5c(F)c(F)c(-c6c(F)c(F)c(F)c(F)c6F)c(F)c5F)ccc3n4-c3cccc(-n4c5ccc(-c6c(F)c(F)c(-c7c(F)c(F)c(F)c(F)c7F)c(F)c6F)cc5c5cc(-c6c(F)c(F)c(-c7c(F)c(F)c(F)c(F)c7F)c(F)c6F)ccc54)c3)c(F)c2F)c(F)c1F. The van der Waals surface area contributed by atoms with E-state index in [-0.39, 0.29) is 11.4 Å². The maximum Gasteiger partial charge on any atom is 0.200 e. The number of hydrogen-bond donors (Lipinski definition) is 0. The van der Waals surface area contributed by atoms with Crippen molar-refractivity contribution in [2.45, 2.75) is 6.92 Å². The summed E-state index contributed by atoms with van der Waals surface area (Å²) in [6.45, 7) is 0.457. The number of aromatic nitrogens is 2. The average molecular weight is 1660 g/mol. The molecule has 590 valence electrons. The maximum absolute atomic E-state index is 16.6. The Bertz CT molecular complexity index is 6000. The second kappa shape index (κ2) is 27.4. The molecule has 2 heterocycles. The number of nitrogens with zero attached hydrogens (tertiary/aromatic N) is 2. The zero-order valence-electron chi connectivity index (χ0n) is 55.4. The van der Waals surface area contributed by atoms with Crippen LogP contribution in [0.2, 0.25) is 0 Å². The molecule has 0 bridgehead atoms. The zero-order chi connectivity index (χ0) is 84.3. The van der Waals surface area contributed by atoms with Crippen molar-refractivity contribution in [3.63, 3.8) is 0 Å². The Labute approximate surface area is 618 Å². The van der Waals surface area contributed by atoms with E-state index in [1.54, 1.807) is 0 Å². The lowest BCUT2D eigenvalue weighted by molar-refractivity contribution is 0.379. The molecule has 0 atom stereocenters. The Morgan fingerprint density at radius 3 is 0.483 bits per heavy atom. The molecule has 0 saturated carbocycles. The van der Waals surface area contributed by atoms with Gasteiger partial charge in [-0.15, -0.1) is 0 Å². The van der Waals surface area contributed by atoms with Crippen molar-refractivity contribution in [2.24, 2.45) is 0 Å². The third-order valence-electron chi connectivity index (χ3n) is 19.2. The van der Waals surface area contributed by atoms with E-state index in [0.29, 0.717) is 55.5 Å². The molecule has 15 rings (SSSR count). The minimum Gasteiger partial charge on any atom is -0.309 e. The monoisotopic (exact) mass is 1660 g/mol. The summed E-state index contributed by atoms with van der Waals surface area (Å²) in [7, 11) is 0. The lowest BCUT2D eigenvalue weighted by Gasteiger charge is -2.16. The van der Waals surface area contributed by atoms with Gasteiger partial charge >= 0.3 is 0 Å². The molecule has 0 aliphatic carbocycles. The quantitative estimate of drug-likeness (QED) is 0.0734. The smallest absolute Gasteiger partial charge is 0.200 e. The molecule has 0 N–H and O–H groups in total. The Hall–Kier alpha value is -13.0. The fourth-order valence-electron chi connectivity index (χ4n) is 13.8. The van der Waals surface area contributed by atoms with E-state index in [9.17, 15) is 48.3 Å². The Kier molecular flexibility index (Phi) is 18.5. The van der Waals surface area contributed by atoms with E-state index in [2.05, 4.69) is 0 Å². The van der Waals surface area contributed by atoms with E-state index in [4.69, 9.17) is 0 Å². The number of rotatable bonds is 10. The first kappa shape index (κ1) is 78.3. The molecule has 0 amide bonds. The molecule has 0 fully saturated rings. The summed E-state index contributed by atoms with van der Waals surface area (Å²) in [5.74, 6) is -97.3. The van der Waals surface area contributed by atoms with E-state index >= 15 is 105 Å². The van der Waals surface area contributed by atoms with Gasteiger partial charge in [-0.1, -0.05) is 30.3 Å². The van der Waals surface area contributed by atoms with Crippen LogP contribution >= 0.6 is 0 Å². The van der Waals surface area contributed by atoms with Gasteiger partial charge in [0.15, 0.2) is 186 Å². The van der Waals surface area contributed by atoms with Crippen molar-refractivity contribution in [2.75, 3.05) is 0 Å². The molecule has 2 nitrogen and oxygen atoms in total. The lowest BCUT2D eigenvalue weighted by Crippen LogP contribution is -2.09. The lowest BCUT2D eigenvalue weighted by atomic mass is 9.94. The van der Waals surface area contributed by atoms with Crippen LogP contribution in [0.4, 0.5) is 154 Å². The van der Waals surface area contributed by atoms with Crippen LogP contribution in [0, 0.1) is 211 Å². The van der Waals surface area contributed by atoms with Crippen molar-refractivity contribution in [1.29, 1.82) is 0 Å². The summed E-state index contributed by atoms with van der Waals surface area (Å²) >= 11 is 0. The van der Waals surface area contributed by atoms with Crippen molar-refractivity contribution >= 4 is 43.6 Å². The van der Waals surface area contributed by atoms with Gasteiger partial charge < -0.3 is 9.13 Å². The summed E-state index contributed by atoms with van der Waals surface area (Å²) in [4.78, 5) is 0. The molecule has 0 spiro atoms. The third kappa shape index (κ3) is 10.9. The summed E-state index contributed by atoms with van der Waals surface area (Å²) in [5, 5.41) is -2.48. The number of benzene rings is 13. The molecule has 15 aromatic rings. The Morgan fingerprint density at radius 1 is 0.155 bits per heavy atom. The number of halogens is 35. The largest absolute Gasteiger partial charge is 0.309 e. The second-order valence-corrected chi connectivity index (χ2v) is 25.2. The van der Waals surface area contributed by atoms with Gasteiger partial charge in [0.2, 0.25) is 17.5 Å². The van der Waals surface area contributed by atoms with Crippen molar-refractivity contribution in [3.05, 3.63) is 306 Å². The van der Waals surface area contributed by atoms with Crippen molar-refractivity contribution in [1.82, 2.24) is 9.13 Å². The molecule has 37 heteroatoms. The van der Waals surface area contributed by atoms with Crippen LogP contribution in [0.5, 0.6) is 0 Å². The molecule has 0 radical (unpaired) electrons. The second-order valence-electron chi connectivity index (χ2n) is 25.2. The first-order valence-corrected chi connectivity index (χ1v) is 31.7. The Morgan fingerprint density at radius 2 is 0.302 bits per heavy atom. The summed E-state index contributed by atoms with van der Waals surface area (Å²) < 4.78 is 544. The van der Waals surface area contributed by atoms with Gasteiger partial charge in [0.25, 0.3) is 0 Å². The van der Waals surface area contributed by atoms with Crippen molar-refractivity contribution in [3.8, 4) is 100 Å². The summed E-state index contributed by atoms with van der Waals surface area (Å²) in [6.07, 6.45) is 0. The van der Waals surface area contributed by atoms with Gasteiger partial charge in [-0.3, -0.25) is 0 Å². The molecule has 0 aliphatic rings. The molecule has 116 heavy (non-hydrogen) atoms. The molecule has 13 aromatic carbocycles. The first-order valence-electron chi connectivity index (χ1n) is 31.7. The highest BCUT2D eigenvalue weighted by Gasteiger charge is 2.41. The van der Waals surface area contributed by atoms with Crippen LogP contribution in [-0.2, 0) is 0 Å². The van der Waals surface area contributed by atoms with Gasteiger partial charge in [-0.25, -0.2) is 154 Å². The predicted molar refractivity (Wildman–Crippen MR) is 342 cm³/mol. The highest BCUT2D eigenvalue weighted by molar-refractivity contribution is 6.13. The van der Waals surface area contributed by atoms with Gasteiger partial charge in [-0.05, 0) is 95.9 Å². The van der Waals surface area contributed by atoms with Crippen molar-refractivity contribution < 1.29 is 154 Å². The molecular formula is C79H19F35N2. The summed E-state index contributed by atoms with van der Waals surface area (Å²) in [6, 6.07) is 12.3. The van der Waals surface area contributed by atoms with E-state index in [0.717, 1.165) is 57.7 Å². The zero-order valence-corrected chi connectivity index (χ0v) is 55.4. The van der Waals surface area contributed by atoms with E-state index in [1.807, 2.05) is 0 Å². The van der Waals surface area contributed by atoms with Crippen LogP contribution in [0.3, 0.4) is 0 Å². The molecule has 2 aromatic heterocycles. The van der Waals surface area contributed by atoms with Gasteiger partial charge in [0, 0.05) is 38.5 Å².